The molecule has 1 amide bonds. The summed E-state index contributed by atoms with van der Waals surface area (Å²) in [5, 5.41) is 3.83. The van der Waals surface area contributed by atoms with Gasteiger partial charge in [0.15, 0.2) is 5.78 Å². The second-order valence-electron chi connectivity index (χ2n) is 16.1. The van der Waals surface area contributed by atoms with Crippen molar-refractivity contribution in [1.29, 1.82) is 0 Å². The molecular weight excluding hydrogens is 693 g/mol. The van der Waals surface area contributed by atoms with Gasteiger partial charge in [-0.1, -0.05) is 23.4 Å². The van der Waals surface area contributed by atoms with Gasteiger partial charge in [0, 0.05) is 25.5 Å². The summed E-state index contributed by atoms with van der Waals surface area (Å²) in [5.74, 6) is -0.452. The molecule has 53 heavy (non-hydrogen) atoms. The van der Waals surface area contributed by atoms with Crippen LogP contribution >= 0.6 is 0 Å². The van der Waals surface area contributed by atoms with E-state index < -0.39 is 40.6 Å². The number of carbonyl (C=O) groups excluding carboxylic acids is 3. The lowest BCUT2D eigenvalue weighted by molar-refractivity contribution is -0.162. The molecule has 1 saturated carbocycles. The monoisotopic (exact) mass is 746 g/mol. The molecule has 0 aliphatic heterocycles. The summed E-state index contributed by atoms with van der Waals surface area (Å²) in [6, 6.07) is 8.93. The minimum Gasteiger partial charge on any atom is -0.490 e. The summed E-state index contributed by atoms with van der Waals surface area (Å²) < 4.78 is 63.0. The van der Waals surface area contributed by atoms with E-state index in [1.54, 1.807) is 52.5 Å². The molecule has 0 radical (unpaired) electrons. The number of hydrogen-bond acceptors (Lipinski definition) is 9. The Morgan fingerprint density at radius 1 is 0.962 bits per heavy atom. The standard InChI is InChI=1S/C40H53F3N2O8/c1-25(2)51-34-17-12-27(21-31(34)40(41,42)43)23-50-44-26(3)49-20-10-11-33(46)29-13-15-30-28(22-29)14-16-32(30)45(36(48)53-38(7,8)9)24-39(18-19-39)35(47)52-37(4,5)6/h12-13,15,17,21-22,25,32H,10-11,14,16,18-20,23-24H2,1-9H3/b44-26+. The zero-order valence-electron chi connectivity index (χ0n) is 32.3. The molecule has 1 unspecified atom stereocenters. The first-order valence-corrected chi connectivity index (χ1v) is 18.1. The van der Waals surface area contributed by atoms with Gasteiger partial charge >= 0.3 is 18.2 Å². The number of hydrogen-bond donors (Lipinski definition) is 0. The highest BCUT2D eigenvalue weighted by Gasteiger charge is 2.55. The van der Waals surface area contributed by atoms with Crippen LogP contribution in [0.3, 0.4) is 0 Å². The Hall–Kier alpha value is -4.29. The summed E-state index contributed by atoms with van der Waals surface area (Å²) in [5.41, 5.74) is -0.311. The van der Waals surface area contributed by atoms with Gasteiger partial charge < -0.3 is 23.8 Å². The molecule has 10 nitrogen and oxygen atoms in total. The summed E-state index contributed by atoms with van der Waals surface area (Å²) in [6.45, 7) is 15.9. The molecule has 0 saturated heterocycles. The van der Waals surface area contributed by atoms with E-state index >= 15 is 0 Å². The van der Waals surface area contributed by atoms with Crippen LogP contribution in [0.4, 0.5) is 18.0 Å². The Bertz CT molecular complexity index is 1670. The fourth-order valence-electron chi connectivity index (χ4n) is 6.07. The molecule has 1 fully saturated rings. The molecule has 13 heteroatoms. The van der Waals surface area contributed by atoms with Gasteiger partial charge in [-0.05, 0) is 122 Å². The lowest BCUT2D eigenvalue weighted by Crippen LogP contribution is -2.44. The average Bonchev–Trinajstić information content (AvgIpc) is 3.71. The fourth-order valence-corrected chi connectivity index (χ4v) is 6.07. The lowest BCUT2D eigenvalue weighted by atomic mass is 9.99. The zero-order valence-corrected chi connectivity index (χ0v) is 32.3. The Morgan fingerprint density at radius 3 is 2.25 bits per heavy atom. The second-order valence-corrected chi connectivity index (χ2v) is 16.1. The number of nitrogens with zero attached hydrogens (tertiary/aromatic N) is 2. The third-order valence-corrected chi connectivity index (χ3v) is 8.67. The number of alkyl halides is 3. The number of esters is 1. The number of amides is 1. The van der Waals surface area contributed by atoms with Crippen molar-refractivity contribution in [3.63, 3.8) is 0 Å². The second kappa shape index (κ2) is 16.4. The van der Waals surface area contributed by atoms with Crippen LogP contribution in [0.5, 0.6) is 5.75 Å². The van der Waals surface area contributed by atoms with Gasteiger partial charge in [0.2, 0.25) is 5.90 Å². The van der Waals surface area contributed by atoms with E-state index in [4.69, 9.17) is 23.8 Å². The lowest BCUT2D eigenvalue weighted by Gasteiger charge is -2.35. The van der Waals surface area contributed by atoms with Crippen molar-refractivity contribution in [2.24, 2.45) is 10.6 Å². The molecule has 2 aliphatic carbocycles. The van der Waals surface area contributed by atoms with Gasteiger partial charge in [-0.2, -0.15) is 13.2 Å². The summed E-state index contributed by atoms with van der Waals surface area (Å²) in [7, 11) is 0. The number of halogens is 3. The number of aryl methyl sites for hydroxylation is 1. The van der Waals surface area contributed by atoms with E-state index in [2.05, 4.69) is 5.16 Å². The number of fused-ring (bicyclic) bond motifs is 1. The molecule has 2 aromatic carbocycles. The highest BCUT2D eigenvalue weighted by atomic mass is 19.4. The molecule has 1 atom stereocenters. The van der Waals surface area contributed by atoms with Crippen LogP contribution in [0.25, 0.3) is 0 Å². The number of oxime groups is 1. The molecule has 0 heterocycles. The Balaban J connectivity index is 1.32. The van der Waals surface area contributed by atoms with Crippen molar-refractivity contribution in [3.05, 3.63) is 64.2 Å². The maximum atomic E-state index is 13.6. The number of benzene rings is 2. The van der Waals surface area contributed by atoms with Crippen LogP contribution in [-0.4, -0.2) is 59.1 Å². The van der Waals surface area contributed by atoms with Gasteiger partial charge in [0.05, 0.1) is 29.7 Å². The third kappa shape index (κ3) is 11.9. The summed E-state index contributed by atoms with van der Waals surface area (Å²) >= 11 is 0. The van der Waals surface area contributed by atoms with E-state index in [0.29, 0.717) is 37.7 Å². The minimum absolute atomic E-state index is 0.0677. The van der Waals surface area contributed by atoms with Gasteiger partial charge in [0.1, 0.15) is 23.6 Å². The number of rotatable bonds is 14. The maximum Gasteiger partial charge on any atom is 0.419 e. The van der Waals surface area contributed by atoms with Crippen LogP contribution in [-0.2, 0) is 43.0 Å². The first-order chi connectivity index (χ1) is 24.6. The summed E-state index contributed by atoms with van der Waals surface area (Å²) in [4.78, 5) is 46.8. The van der Waals surface area contributed by atoms with Gasteiger partial charge in [-0.15, -0.1) is 0 Å². The van der Waals surface area contributed by atoms with Gasteiger partial charge in [-0.25, -0.2) is 4.79 Å². The molecular formula is C40H53F3N2O8. The van der Waals surface area contributed by atoms with Crippen molar-refractivity contribution >= 4 is 23.7 Å². The largest absolute Gasteiger partial charge is 0.490 e. The van der Waals surface area contributed by atoms with Crippen molar-refractivity contribution in [2.75, 3.05) is 13.2 Å². The first-order valence-electron chi connectivity index (χ1n) is 18.1. The van der Waals surface area contributed by atoms with Crippen molar-refractivity contribution < 1.29 is 51.3 Å². The minimum atomic E-state index is -4.59. The SMILES string of the molecule is C/C(=N\OCc1ccc(OC(C)C)c(C(F)(F)F)c1)OCCCC(=O)c1ccc2c(c1)CCC2N(CC1(C(=O)OC(C)(C)C)CC1)C(=O)OC(C)(C)C. The molecule has 0 aromatic heterocycles. The van der Waals surface area contributed by atoms with Crippen LogP contribution in [0.15, 0.2) is 41.6 Å². The number of ketones is 1. The molecule has 2 aromatic rings. The van der Waals surface area contributed by atoms with E-state index in [9.17, 15) is 27.6 Å². The molecule has 0 spiro atoms. The third-order valence-electron chi connectivity index (χ3n) is 8.67. The van der Waals surface area contributed by atoms with Crippen LogP contribution < -0.4 is 4.74 Å². The van der Waals surface area contributed by atoms with Crippen molar-refractivity contribution in [2.45, 2.75) is 137 Å². The van der Waals surface area contributed by atoms with E-state index in [1.165, 1.54) is 12.1 Å². The van der Waals surface area contributed by atoms with E-state index in [0.717, 1.165) is 17.2 Å². The van der Waals surface area contributed by atoms with Gasteiger partial charge in [-0.3, -0.25) is 14.5 Å². The molecule has 292 valence electrons. The Labute approximate surface area is 310 Å². The van der Waals surface area contributed by atoms with E-state index in [1.807, 2.05) is 32.9 Å². The zero-order chi connectivity index (χ0) is 39.4. The molecule has 4 rings (SSSR count). The van der Waals surface area contributed by atoms with Crippen LogP contribution in [0.1, 0.15) is 133 Å². The van der Waals surface area contributed by atoms with E-state index in [-0.39, 0.29) is 61.2 Å². The van der Waals surface area contributed by atoms with Crippen LogP contribution in [0.2, 0.25) is 0 Å². The fraction of sp³-hybridized carbons (Fsp3) is 0.600. The molecule has 0 N–H and O–H groups in total. The normalized spacial score (nSPS) is 16.8. The predicted molar refractivity (Wildman–Crippen MR) is 193 cm³/mol. The topological polar surface area (TPSA) is 113 Å². The van der Waals surface area contributed by atoms with Gasteiger partial charge in [0.25, 0.3) is 0 Å². The predicted octanol–water partition coefficient (Wildman–Crippen LogP) is 9.37. The quantitative estimate of drug-likeness (QED) is 0.0470. The van der Waals surface area contributed by atoms with Crippen molar-refractivity contribution in [3.8, 4) is 5.75 Å². The Kier molecular flexibility index (Phi) is 12.8. The Morgan fingerprint density at radius 2 is 1.64 bits per heavy atom. The summed E-state index contributed by atoms with van der Waals surface area (Å²) in [6.07, 6.45) is -2.33. The number of carbonyl (C=O) groups is 3. The maximum absolute atomic E-state index is 13.6. The van der Waals surface area contributed by atoms with Crippen molar-refractivity contribution in [1.82, 2.24) is 4.90 Å². The molecule has 0 bridgehead atoms. The highest BCUT2D eigenvalue weighted by Crippen LogP contribution is 2.50. The number of ether oxygens (including phenoxy) is 4. The average molecular weight is 747 g/mol. The number of Topliss-reactive ketones (excluding diaryl/α,β-unsaturated/α-hetero) is 1. The first kappa shape index (κ1) is 41.5. The highest BCUT2D eigenvalue weighted by molar-refractivity contribution is 5.96. The van der Waals surface area contributed by atoms with Crippen LogP contribution in [0, 0.1) is 5.41 Å². The molecule has 2 aliphatic rings. The smallest absolute Gasteiger partial charge is 0.419 e.